The third-order valence-corrected chi connectivity index (χ3v) is 10.1. The summed E-state index contributed by atoms with van der Waals surface area (Å²) in [7, 11) is 0. The predicted molar refractivity (Wildman–Crippen MR) is 202 cm³/mol. The van der Waals surface area contributed by atoms with Crippen LogP contribution in [-0.4, -0.2) is 4.57 Å². The topological polar surface area (TPSA) is 4.93 Å². The van der Waals surface area contributed by atoms with E-state index in [1.165, 1.54) is 55.2 Å². The van der Waals surface area contributed by atoms with E-state index in [1.54, 1.807) is 6.07 Å². The van der Waals surface area contributed by atoms with Gasteiger partial charge >= 0.3 is 0 Å². The summed E-state index contributed by atoms with van der Waals surface area (Å²) in [5.74, 6) is -1.73. The predicted octanol–water partition coefficient (Wildman–Crippen LogP) is 13.0. The Balaban J connectivity index is 1.28. The van der Waals surface area contributed by atoms with Gasteiger partial charge in [-0.1, -0.05) is 109 Å². The molecule has 0 aliphatic rings. The zero-order chi connectivity index (χ0) is 32.6. The molecular weight excluding hydrogens is 605 g/mol. The number of hydrogen-bond donors (Lipinski definition) is 0. The molecule has 1 nitrogen and oxygen atoms in total. The van der Waals surface area contributed by atoms with Crippen LogP contribution in [0.5, 0.6) is 0 Å². The molecule has 10 rings (SSSR count). The number of rotatable bonds is 3. The summed E-state index contributed by atoms with van der Waals surface area (Å²) < 4.78 is 30.9. The Morgan fingerprint density at radius 1 is 0.327 bits per heavy atom. The number of hydrogen-bond acceptors (Lipinski definition) is 0. The van der Waals surface area contributed by atoms with Gasteiger partial charge < -0.3 is 4.57 Å². The van der Waals surface area contributed by atoms with Crippen molar-refractivity contribution in [1.82, 2.24) is 4.57 Å². The van der Waals surface area contributed by atoms with Gasteiger partial charge in [0.15, 0.2) is 11.6 Å². The van der Waals surface area contributed by atoms with Gasteiger partial charge in [-0.3, -0.25) is 0 Å². The Morgan fingerprint density at radius 3 is 1.27 bits per heavy atom. The molecule has 1 heterocycles. The molecule has 0 radical (unpaired) electrons. The molecule has 0 fully saturated rings. The SMILES string of the molecule is Fc1ccc(-n2c3ccc(-c4cc5ccccc5c5ccccc45)cc3c3cc(-c4cc5ccccc5c5ccccc45)ccc32)cc1F. The van der Waals surface area contributed by atoms with Gasteiger partial charge in [-0.05, 0) is 114 Å². The van der Waals surface area contributed by atoms with E-state index in [0.717, 1.165) is 44.1 Å². The van der Waals surface area contributed by atoms with Crippen molar-refractivity contribution < 1.29 is 8.78 Å². The minimum Gasteiger partial charge on any atom is -0.309 e. The molecule has 230 valence electrons. The van der Waals surface area contributed by atoms with Crippen LogP contribution in [0.25, 0.3) is 92.8 Å². The molecule has 1 aromatic heterocycles. The van der Waals surface area contributed by atoms with Gasteiger partial charge in [-0.25, -0.2) is 8.78 Å². The molecule has 3 heteroatoms. The Morgan fingerprint density at radius 2 is 0.776 bits per heavy atom. The summed E-state index contributed by atoms with van der Waals surface area (Å²) in [6, 6.07) is 55.9. The molecule has 9 aromatic carbocycles. The third-order valence-electron chi connectivity index (χ3n) is 10.1. The molecule has 0 unspecified atom stereocenters. The van der Waals surface area contributed by atoms with Gasteiger partial charge in [0.25, 0.3) is 0 Å². The molecule has 0 N–H and O–H groups in total. The maximum atomic E-state index is 14.7. The van der Waals surface area contributed by atoms with Crippen molar-refractivity contribution in [2.24, 2.45) is 0 Å². The maximum absolute atomic E-state index is 14.7. The minimum absolute atomic E-state index is 0.576. The van der Waals surface area contributed by atoms with Gasteiger partial charge in [0.1, 0.15) is 0 Å². The molecule has 0 saturated heterocycles. The quantitative estimate of drug-likeness (QED) is 0.171. The summed E-state index contributed by atoms with van der Waals surface area (Å²) >= 11 is 0. The number of fused-ring (bicyclic) bond motifs is 9. The van der Waals surface area contributed by atoms with Gasteiger partial charge in [0, 0.05) is 22.5 Å². The molecule has 0 saturated carbocycles. The zero-order valence-electron chi connectivity index (χ0n) is 26.3. The van der Waals surface area contributed by atoms with Crippen LogP contribution in [0.1, 0.15) is 0 Å². The first kappa shape index (κ1) is 27.8. The highest BCUT2D eigenvalue weighted by Gasteiger charge is 2.18. The van der Waals surface area contributed by atoms with Gasteiger partial charge in [-0.2, -0.15) is 0 Å². The van der Waals surface area contributed by atoms with Crippen LogP contribution in [-0.2, 0) is 0 Å². The summed E-state index contributed by atoms with van der Waals surface area (Å²) in [6.07, 6.45) is 0. The van der Waals surface area contributed by atoms with E-state index >= 15 is 0 Å². The molecule has 0 spiro atoms. The first-order valence-electron chi connectivity index (χ1n) is 16.5. The second kappa shape index (κ2) is 10.6. The van der Waals surface area contributed by atoms with Crippen molar-refractivity contribution in [3.63, 3.8) is 0 Å². The smallest absolute Gasteiger partial charge is 0.160 e. The number of halogens is 2. The number of benzene rings is 9. The second-order valence-corrected chi connectivity index (χ2v) is 12.8. The van der Waals surface area contributed by atoms with Crippen molar-refractivity contribution in [3.8, 4) is 27.9 Å². The van der Waals surface area contributed by atoms with Crippen LogP contribution in [0.3, 0.4) is 0 Å². The third kappa shape index (κ3) is 4.22. The fourth-order valence-corrected chi connectivity index (χ4v) is 7.85. The van der Waals surface area contributed by atoms with Crippen LogP contribution in [0, 0.1) is 11.6 Å². The van der Waals surface area contributed by atoms with E-state index in [2.05, 4.69) is 146 Å². The lowest BCUT2D eigenvalue weighted by Crippen LogP contribution is -1.96. The average Bonchev–Trinajstić information content (AvgIpc) is 3.48. The minimum atomic E-state index is -0.869. The molecule has 0 atom stereocenters. The number of nitrogens with zero attached hydrogens (tertiary/aromatic N) is 1. The Bertz CT molecular complexity index is 2790. The van der Waals surface area contributed by atoms with Crippen LogP contribution in [0.4, 0.5) is 8.78 Å². The van der Waals surface area contributed by atoms with Crippen LogP contribution in [0.2, 0.25) is 0 Å². The van der Waals surface area contributed by atoms with Crippen LogP contribution < -0.4 is 0 Å². The van der Waals surface area contributed by atoms with E-state index in [-0.39, 0.29) is 0 Å². The van der Waals surface area contributed by atoms with Gasteiger partial charge in [0.05, 0.1) is 11.0 Å². The van der Waals surface area contributed by atoms with Gasteiger partial charge in [-0.15, -0.1) is 0 Å². The Hall–Kier alpha value is -6.32. The zero-order valence-corrected chi connectivity index (χ0v) is 26.3. The summed E-state index contributed by atoms with van der Waals surface area (Å²) in [6.45, 7) is 0. The molecule has 0 amide bonds. The lowest BCUT2D eigenvalue weighted by Gasteiger charge is -2.12. The monoisotopic (exact) mass is 631 g/mol. The maximum Gasteiger partial charge on any atom is 0.160 e. The molecule has 49 heavy (non-hydrogen) atoms. The molecule has 0 bridgehead atoms. The highest BCUT2D eigenvalue weighted by atomic mass is 19.2. The van der Waals surface area contributed by atoms with E-state index in [0.29, 0.717) is 5.69 Å². The van der Waals surface area contributed by atoms with E-state index in [1.807, 2.05) is 4.57 Å². The Labute approximate surface area is 280 Å². The first-order chi connectivity index (χ1) is 24.1. The Kier molecular flexibility index (Phi) is 6.00. The van der Waals surface area contributed by atoms with Gasteiger partial charge in [0.2, 0.25) is 0 Å². The largest absolute Gasteiger partial charge is 0.309 e. The van der Waals surface area contributed by atoms with E-state index in [4.69, 9.17) is 0 Å². The summed E-state index contributed by atoms with van der Waals surface area (Å²) in [5, 5.41) is 11.7. The molecule has 0 aliphatic carbocycles. The van der Waals surface area contributed by atoms with Crippen molar-refractivity contribution >= 4 is 64.9 Å². The second-order valence-electron chi connectivity index (χ2n) is 12.8. The van der Waals surface area contributed by atoms with Crippen molar-refractivity contribution in [3.05, 3.63) is 175 Å². The van der Waals surface area contributed by atoms with Crippen molar-refractivity contribution in [1.29, 1.82) is 0 Å². The number of aromatic nitrogens is 1. The van der Waals surface area contributed by atoms with Crippen molar-refractivity contribution in [2.45, 2.75) is 0 Å². The van der Waals surface area contributed by atoms with E-state index in [9.17, 15) is 8.78 Å². The molecule has 0 aliphatic heterocycles. The fraction of sp³-hybridized carbons (Fsp3) is 0. The fourth-order valence-electron chi connectivity index (χ4n) is 7.85. The first-order valence-corrected chi connectivity index (χ1v) is 16.5. The normalized spacial score (nSPS) is 11.9. The van der Waals surface area contributed by atoms with Crippen LogP contribution in [0.15, 0.2) is 164 Å². The highest BCUT2D eigenvalue weighted by molar-refractivity contribution is 6.18. The standard InChI is InChI=1S/C46H27F2N/c47-43-20-19-32(27-44(43)48)49-45-21-17-30(39-23-28-9-1-3-11-33(28)35-13-5-7-15-37(35)39)25-41(45)42-26-31(18-22-46(42)49)40-24-29-10-2-4-12-34(29)36-14-6-8-16-38(36)40/h1-27H. The van der Waals surface area contributed by atoms with E-state index < -0.39 is 11.6 Å². The highest BCUT2D eigenvalue weighted by Crippen LogP contribution is 2.42. The molecule has 10 aromatic rings. The van der Waals surface area contributed by atoms with Crippen molar-refractivity contribution in [2.75, 3.05) is 0 Å². The summed E-state index contributed by atoms with van der Waals surface area (Å²) in [4.78, 5) is 0. The average molecular weight is 632 g/mol. The lowest BCUT2D eigenvalue weighted by atomic mass is 9.92. The van der Waals surface area contributed by atoms with Crippen LogP contribution >= 0.6 is 0 Å². The lowest BCUT2D eigenvalue weighted by molar-refractivity contribution is 0.508. The molecular formula is C46H27F2N. The summed E-state index contributed by atoms with van der Waals surface area (Å²) in [5.41, 5.74) is 6.93.